The van der Waals surface area contributed by atoms with Gasteiger partial charge in [-0.3, -0.25) is 14.9 Å². The second-order valence-corrected chi connectivity index (χ2v) is 6.18. The van der Waals surface area contributed by atoms with Crippen LogP contribution < -0.4 is 5.32 Å². The Labute approximate surface area is 164 Å². The minimum absolute atomic E-state index is 0.100. The Hall–Kier alpha value is -2.90. The molecule has 9 heteroatoms. The number of halogens is 2. The number of rotatable bonds is 6. The highest BCUT2D eigenvalue weighted by Gasteiger charge is 2.13. The van der Waals surface area contributed by atoms with Gasteiger partial charge in [-0.2, -0.15) is 0 Å². The summed E-state index contributed by atoms with van der Waals surface area (Å²) in [7, 11) is 0. The van der Waals surface area contributed by atoms with Gasteiger partial charge in [-0.15, -0.1) is 0 Å². The van der Waals surface area contributed by atoms with E-state index in [4.69, 9.17) is 27.9 Å². The summed E-state index contributed by atoms with van der Waals surface area (Å²) in [5.74, 6) is -1.39. The number of benzene rings is 2. The van der Waals surface area contributed by atoms with Gasteiger partial charge in [0.2, 0.25) is 0 Å². The molecule has 2 aromatic carbocycles. The highest BCUT2D eigenvalue weighted by atomic mass is 35.5. The lowest BCUT2D eigenvalue weighted by Crippen LogP contribution is -2.20. The Morgan fingerprint density at radius 1 is 1.26 bits per heavy atom. The zero-order valence-electron chi connectivity index (χ0n) is 14.1. The maximum Gasteiger partial charge on any atom is 0.331 e. The van der Waals surface area contributed by atoms with Crippen molar-refractivity contribution in [3.05, 3.63) is 73.8 Å². The Kier molecular flexibility index (Phi) is 6.92. The molecule has 0 saturated carbocycles. The quantitative estimate of drug-likeness (QED) is 0.330. The van der Waals surface area contributed by atoms with Gasteiger partial charge in [-0.25, -0.2) is 4.79 Å². The number of non-ortho nitro benzene ring substituents is 1. The van der Waals surface area contributed by atoms with E-state index in [9.17, 15) is 19.7 Å². The highest BCUT2D eigenvalue weighted by molar-refractivity contribution is 6.40. The molecular formula is C18H14Cl2N2O5. The van der Waals surface area contributed by atoms with Gasteiger partial charge in [0.25, 0.3) is 11.6 Å². The van der Waals surface area contributed by atoms with Gasteiger partial charge in [0.1, 0.15) is 0 Å². The lowest BCUT2D eigenvalue weighted by atomic mass is 10.2. The molecule has 1 N–H and O–H groups in total. The van der Waals surface area contributed by atoms with Crippen molar-refractivity contribution < 1.29 is 19.2 Å². The largest absolute Gasteiger partial charge is 0.452 e. The fourth-order valence-corrected chi connectivity index (χ4v) is 2.50. The third kappa shape index (κ3) is 5.80. The number of aryl methyl sites for hydroxylation is 1. The van der Waals surface area contributed by atoms with Crippen LogP contribution >= 0.6 is 23.2 Å². The van der Waals surface area contributed by atoms with E-state index >= 15 is 0 Å². The number of carbonyl (C=O) groups excluding carboxylic acids is 2. The first-order chi connectivity index (χ1) is 12.8. The minimum atomic E-state index is -0.780. The van der Waals surface area contributed by atoms with Gasteiger partial charge in [0.05, 0.1) is 20.7 Å². The summed E-state index contributed by atoms with van der Waals surface area (Å²) in [4.78, 5) is 33.8. The van der Waals surface area contributed by atoms with Crippen LogP contribution in [0.5, 0.6) is 0 Å². The molecule has 0 radical (unpaired) electrons. The zero-order chi connectivity index (χ0) is 20.0. The smallest absolute Gasteiger partial charge is 0.331 e. The highest BCUT2D eigenvalue weighted by Crippen LogP contribution is 2.32. The summed E-state index contributed by atoms with van der Waals surface area (Å²) in [5.41, 5.74) is 1.32. The van der Waals surface area contributed by atoms with Gasteiger partial charge in [-0.1, -0.05) is 41.4 Å². The van der Waals surface area contributed by atoms with Crippen molar-refractivity contribution in [2.75, 3.05) is 11.9 Å². The van der Waals surface area contributed by atoms with Gasteiger partial charge >= 0.3 is 5.97 Å². The molecule has 0 heterocycles. The average molecular weight is 409 g/mol. The van der Waals surface area contributed by atoms with Crippen LogP contribution in [0.4, 0.5) is 11.4 Å². The molecular weight excluding hydrogens is 395 g/mol. The Bertz CT molecular complexity index is 928. The number of nitro benzene ring substituents is 1. The van der Waals surface area contributed by atoms with E-state index in [1.54, 1.807) is 25.1 Å². The van der Waals surface area contributed by atoms with Crippen LogP contribution in [0.15, 0.2) is 42.5 Å². The molecule has 0 aromatic heterocycles. The van der Waals surface area contributed by atoms with Crippen LogP contribution in [0.2, 0.25) is 10.0 Å². The summed E-state index contributed by atoms with van der Waals surface area (Å²) in [5, 5.41) is 13.8. The number of hydrogen-bond acceptors (Lipinski definition) is 5. The number of anilines is 1. The van der Waals surface area contributed by atoms with E-state index in [1.807, 2.05) is 0 Å². The number of nitrogens with zero attached hydrogens (tertiary/aromatic N) is 1. The lowest BCUT2D eigenvalue weighted by molar-refractivity contribution is -0.384. The molecule has 140 valence electrons. The molecule has 0 bridgehead atoms. The third-order valence-corrected chi connectivity index (χ3v) is 4.19. The summed E-state index contributed by atoms with van der Waals surface area (Å²) in [6.07, 6.45) is 2.42. The van der Waals surface area contributed by atoms with E-state index in [0.29, 0.717) is 10.6 Å². The fraction of sp³-hybridized carbons (Fsp3) is 0.111. The topological polar surface area (TPSA) is 98.5 Å². The predicted octanol–water partition coefficient (Wildman–Crippen LogP) is 4.41. The first-order valence-corrected chi connectivity index (χ1v) is 8.37. The van der Waals surface area contributed by atoms with Gasteiger partial charge in [0.15, 0.2) is 6.61 Å². The van der Waals surface area contributed by atoms with E-state index in [-0.39, 0.29) is 16.4 Å². The first-order valence-electron chi connectivity index (χ1n) is 7.61. The second kappa shape index (κ2) is 9.16. The summed E-state index contributed by atoms with van der Waals surface area (Å²) in [6.45, 7) is 1.21. The van der Waals surface area contributed by atoms with Crippen LogP contribution in [0.25, 0.3) is 6.08 Å². The molecule has 1 amide bonds. The van der Waals surface area contributed by atoms with Crippen molar-refractivity contribution in [3.8, 4) is 0 Å². The minimum Gasteiger partial charge on any atom is -0.452 e. The lowest BCUT2D eigenvalue weighted by Gasteiger charge is -2.11. The van der Waals surface area contributed by atoms with E-state index in [2.05, 4.69) is 5.32 Å². The maximum atomic E-state index is 11.9. The predicted molar refractivity (Wildman–Crippen MR) is 103 cm³/mol. The van der Waals surface area contributed by atoms with Crippen molar-refractivity contribution in [2.45, 2.75) is 6.92 Å². The van der Waals surface area contributed by atoms with Gasteiger partial charge < -0.3 is 10.1 Å². The van der Waals surface area contributed by atoms with E-state index < -0.39 is 23.4 Å². The van der Waals surface area contributed by atoms with E-state index in [0.717, 1.165) is 11.6 Å². The van der Waals surface area contributed by atoms with Crippen LogP contribution in [-0.4, -0.2) is 23.4 Å². The molecule has 0 saturated heterocycles. The van der Waals surface area contributed by atoms with Crippen molar-refractivity contribution >= 4 is 52.5 Å². The molecule has 0 aliphatic heterocycles. The summed E-state index contributed by atoms with van der Waals surface area (Å²) in [6, 6.07) is 9.02. The summed E-state index contributed by atoms with van der Waals surface area (Å²) >= 11 is 12.1. The number of ether oxygens (including phenoxy) is 1. The van der Waals surface area contributed by atoms with Crippen LogP contribution in [0, 0.1) is 17.0 Å². The fourth-order valence-electron chi connectivity index (χ4n) is 2.04. The second-order valence-electron chi connectivity index (χ2n) is 5.39. The monoisotopic (exact) mass is 408 g/mol. The zero-order valence-corrected chi connectivity index (χ0v) is 15.6. The van der Waals surface area contributed by atoms with Crippen LogP contribution in [0.3, 0.4) is 0 Å². The Balaban J connectivity index is 1.92. The number of amides is 1. The molecule has 0 unspecified atom stereocenters. The van der Waals surface area contributed by atoms with Gasteiger partial charge in [-0.05, 0) is 30.2 Å². The summed E-state index contributed by atoms with van der Waals surface area (Å²) < 4.78 is 4.83. The molecule has 27 heavy (non-hydrogen) atoms. The SMILES string of the molecule is Cc1ccc(Cl)c(NC(=O)COC(=O)/C=C/c2cccc([N+](=O)[O-])c2)c1Cl. The molecule has 2 rings (SSSR count). The number of nitro groups is 1. The molecule has 2 aromatic rings. The third-order valence-electron chi connectivity index (χ3n) is 3.39. The standard InChI is InChI=1S/C18H14Cl2N2O5/c1-11-5-7-14(19)18(17(11)20)21-15(23)10-27-16(24)8-6-12-3-2-4-13(9-12)22(25)26/h2-9H,10H2,1H3,(H,21,23)/b8-6+. The van der Waals surface area contributed by atoms with Crippen molar-refractivity contribution in [1.82, 2.24) is 0 Å². The number of hydrogen-bond donors (Lipinski definition) is 1. The molecule has 0 fully saturated rings. The molecule has 0 aliphatic rings. The van der Waals surface area contributed by atoms with Crippen molar-refractivity contribution in [2.24, 2.45) is 0 Å². The number of nitrogens with one attached hydrogen (secondary N) is 1. The normalized spacial score (nSPS) is 10.6. The Morgan fingerprint density at radius 2 is 2.00 bits per heavy atom. The van der Waals surface area contributed by atoms with Gasteiger partial charge in [0, 0.05) is 18.2 Å². The number of esters is 1. The van der Waals surface area contributed by atoms with E-state index in [1.165, 1.54) is 24.3 Å². The molecule has 0 aliphatic carbocycles. The number of carbonyl (C=O) groups is 2. The maximum absolute atomic E-state index is 11.9. The Morgan fingerprint density at radius 3 is 2.70 bits per heavy atom. The molecule has 0 atom stereocenters. The first kappa shape index (κ1) is 20.4. The average Bonchev–Trinajstić information content (AvgIpc) is 2.65. The molecule has 0 spiro atoms. The van der Waals surface area contributed by atoms with Crippen LogP contribution in [0.1, 0.15) is 11.1 Å². The van der Waals surface area contributed by atoms with Crippen molar-refractivity contribution in [3.63, 3.8) is 0 Å². The van der Waals surface area contributed by atoms with Crippen LogP contribution in [-0.2, 0) is 14.3 Å². The molecule has 7 nitrogen and oxygen atoms in total. The van der Waals surface area contributed by atoms with Crippen molar-refractivity contribution in [1.29, 1.82) is 0 Å².